The second kappa shape index (κ2) is 15.3. The summed E-state index contributed by atoms with van der Waals surface area (Å²) in [4.78, 5) is 21.9. The molecular formula is C16H32N2O3. The fourth-order valence-corrected chi connectivity index (χ4v) is 2.21. The van der Waals surface area contributed by atoms with Crippen molar-refractivity contribution >= 4 is 11.9 Å². The van der Waals surface area contributed by atoms with Crippen LogP contribution in [0.5, 0.6) is 0 Å². The number of carbonyl (C=O) groups is 2. The van der Waals surface area contributed by atoms with Crippen molar-refractivity contribution in [2.75, 3.05) is 13.1 Å². The zero-order valence-electron chi connectivity index (χ0n) is 13.2. The van der Waals surface area contributed by atoms with Crippen molar-refractivity contribution in [2.24, 2.45) is 5.73 Å². The van der Waals surface area contributed by atoms with Crippen molar-refractivity contribution < 1.29 is 14.7 Å². The fraction of sp³-hybridized carbons (Fsp3) is 0.875. The standard InChI is InChI=1S/C16H32N2O3/c17-13-9-5-1-3-7-11-15(19)18-14-10-6-2-4-8-12-16(20)21/h1-14,17H2,(H,18,19)(H,20,21). The molecule has 0 aliphatic carbocycles. The number of carboxylic acid groups (broad SMARTS) is 1. The highest BCUT2D eigenvalue weighted by atomic mass is 16.4. The molecule has 124 valence electrons. The van der Waals surface area contributed by atoms with Crippen LogP contribution in [0.25, 0.3) is 0 Å². The van der Waals surface area contributed by atoms with E-state index < -0.39 is 5.97 Å². The Bertz CT molecular complexity index is 270. The third-order valence-corrected chi connectivity index (χ3v) is 3.50. The molecule has 0 unspecified atom stereocenters. The van der Waals surface area contributed by atoms with Gasteiger partial charge in [-0.2, -0.15) is 0 Å². The predicted molar refractivity (Wildman–Crippen MR) is 85.1 cm³/mol. The lowest BCUT2D eigenvalue weighted by atomic mass is 10.1. The molecule has 0 bridgehead atoms. The van der Waals surface area contributed by atoms with E-state index in [1.807, 2.05) is 0 Å². The van der Waals surface area contributed by atoms with E-state index in [4.69, 9.17) is 10.8 Å². The molecule has 0 spiro atoms. The lowest BCUT2D eigenvalue weighted by Gasteiger charge is -2.05. The summed E-state index contributed by atoms with van der Waals surface area (Å²) in [6.07, 6.45) is 11.2. The van der Waals surface area contributed by atoms with Crippen LogP contribution in [0.2, 0.25) is 0 Å². The van der Waals surface area contributed by atoms with Crippen LogP contribution in [-0.2, 0) is 9.59 Å². The zero-order valence-corrected chi connectivity index (χ0v) is 13.2. The van der Waals surface area contributed by atoms with E-state index in [0.29, 0.717) is 6.42 Å². The summed E-state index contributed by atoms with van der Waals surface area (Å²) >= 11 is 0. The second-order valence-electron chi connectivity index (χ2n) is 5.57. The first kappa shape index (κ1) is 19.9. The van der Waals surface area contributed by atoms with E-state index in [2.05, 4.69) is 5.32 Å². The maximum absolute atomic E-state index is 11.5. The summed E-state index contributed by atoms with van der Waals surface area (Å²) in [5.74, 6) is -0.565. The molecule has 21 heavy (non-hydrogen) atoms. The largest absolute Gasteiger partial charge is 0.481 e. The molecule has 5 nitrogen and oxygen atoms in total. The van der Waals surface area contributed by atoms with Crippen LogP contribution in [0.3, 0.4) is 0 Å². The van der Waals surface area contributed by atoms with Crippen LogP contribution in [0.1, 0.15) is 77.0 Å². The highest BCUT2D eigenvalue weighted by Gasteiger charge is 2.00. The van der Waals surface area contributed by atoms with Gasteiger partial charge in [0.25, 0.3) is 0 Å². The van der Waals surface area contributed by atoms with E-state index in [9.17, 15) is 9.59 Å². The Kier molecular flexibility index (Phi) is 14.5. The average molecular weight is 300 g/mol. The number of aliphatic carboxylic acids is 1. The molecule has 0 aliphatic heterocycles. The van der Waals surface area contributed by atoms with Crippen molar-refractivity contribution in [1.82, 2.24) is 5.32 Å². The molecule has 0 fully saturated rings. The molecule has 0 aromatic carbocycles. The minimum absolute atomic E-state index is 0.153. The van der Waals surface area contributed by atoms with Gasteiger partial charge in [-0.25, -0.2) is 0 Å². The molecule has 0 rings (SSSR count). The van der Waals surface area contributed by atoms with E-state index in [1.54, 1.807) is 0 Å². The van der Waals surface area contributed by atoms with Crippen LogP contribution < -0.4 is 11.1 Å². The lowest BCUT2D eigenvalue weighted by Crippen LogP contribution is -2.23. The Hall–Kier alpha value is -1.10. The van der Waals surface area contributed by atoms with Crippen LogP contribution in [0.15, 0.2) is 0 Å². The first-order chi connectivity index (χ1) is 10.2. The number of rotatable bonds is 15. The Morgan fingerprint density at radius 3 is 1.90 bits per heavy atom. The van der Waals surface area contributed by atoms with Gasteiger partial charge in [0.2, 0.25) is 5.91 Å². The minimum atomic E-state index is -0.717. The summed E-state index contributed by atoms with van der Waals surface area (Å²) in [5, 5.41) is 11.4. The third-order valence-electron chi connectivity index (χ3n) is 3.50. The number of nitrogens with one attached hydrogen (secondary N) is 1. The number of carbonyl (C=O) groups excluding carboxylic acids is 1. The smallest absolute Gasteiger partial charge is 0.303 e. The van der Waals surface area contributed by atoms with Crippen LogP contribution in [0, 0.1) is 0 Å². The SMILES string of the molecule is NCCCCCCCC(=O)NCCCCCCCC(=O)O. The molecule has 5 heteroatoms. The number of hydrogen-bond acceptors (Lipinski definition) is 3. The number of hydrogen-bond donors (Lipinski definition) is 3. The molecule has 0 aliphatic rings. The van der Waals surface area contributed by atoms with Crippen LogP contribution in [-0.4, -0.2) is 30.1 Å². The zero-order chi connectivity index (χ0) is 15.8. The summed E-state index contributed by atoms with van der Waals surface area (Å²) in [6, 6.07) is 0. The van der Waals surface area contributed by atoms with Crippen LogP contribution >= 0.6 is 0 Å². The van der Waals surface area contributed by atoms with Crippen molar-refractivity contribution in [1.29, 1.82) is 0 Å². The summed E-state index contributed by atoms with van der Waals surface area (Å²) < 4.78 is 0. The van der Waals surface area contributed by atoms with Gasteiger partial charge in [-0.15, -0.1) is 0 Å². The van der Waals surface area contributed by atoms with Gasteiger partial charge in [0.05, 0.1) is 0 Å². The van der Waals surface area contributed by atoms with Crippen molar-refractivity contribution in [3.05, 3.63) is 0 Å². The second-order valence-corrected chi connectivity index (χ2v) is 5.57. The van der Waals surface area contributed by atoms with Gasteiger partial charge in [0.15, 0.2) is 0 Å². The molecule has 0 atom stereocenters. The molecular weight excluding hydrogens is 268 g/mol. The van der Waals surface area contributed by atoms with Gasteiger partial charge in [-0.05, 0) is 32.2 Å². The number of unbranched alkanes of at least 4 members (excludes halogenated alkanes) is 8. The monoisotopic (exact) mass is 300 g/mol. The normalized spacial score (nSPS) is 10.5. The Morgan fingerprint density at radius 2 is 1.29 bits per heavy atom. The fourth-order valence-electron chi connectivity index (χ4n) is 2.21. The number of amides is 1. The third kappa shape index (κ3) is 16.8. The summed E-state index contributed by atoms with van der Waals surface area (Å²) in [5.41, 5.74) is 5.42. The minimum Gasteiger partial charge on any atom is -0.481 e. The van der Waals surface area contributed by atoms with Crippen molar-refractivity contribution in [3.8, 4) is 0 Å². The summed E-state index contributed by atoms with van der Waals surface area (Å²) in [6.45, 7) is 1.50. The molecule has 0 aromatic rings. The van der Waals surface area contributed by atoms with E-state index in [0.717, 1.165) is 64.5 Å². The lowest BCUT2D eigenvalue weighted by molar-refractivity contribution is -0.137. The van der Waals surface area contributed by atoms with Gasteiger partial charge >= 0.3 is 5.97 Å². The summed E-state index contributed by atoms with van der Waals surface area (Å²) in [7, 11) is 0. The Labute approximate surface area is 128 Å². The van der Waals surface area contributed by atoms with Gasteiger partial charge in [-0.1, -0.05) is 38.5 Å². The first-order valence-electron chi connectivity index (χ1n) is 8.35. The highest BCUT2D eigenvalue weighted by molar-refractivity contribution is 5.75. The molecule has 0 aromatic heterocycles. The molecule has 0 saturated carbocycles. The maximum Gasteiger partial charge on any atom is 0.303 e. The Balaban J connectivity index is 3.17. The first-order valence-corrected chi connectivity index (χ1v) is 8.35. The number of carboxylic acids is 1. The van der Waals surface area contributed by atoms with E-state index in [-0.39, 0.29) is 12.3 Å². The van der Waals surface area contributed by atoms with Gasteiger partial charge in [0, 0.05) is 19.4 Å². The Morgan fingerprint density at radius 1 is 0.762 bits per heavy atom. The van der Waals surface area contributed by atoms with Crippen molar-refractivity contribution in [3.63, 3.8) is 0 Å². The number of nitrogens with two attached hydrogens (primary N) is 1. The average Bonchev–Trinajstić information content (AvgIpc) is 2.45. The van der Waals surface area contributed by atoms with Gasteiger partial charge in [0.1, 0.15) is 0 Å². The van der Waals surface area contributed by atoms with E-state index >= 15 is 0 Å². The topological polar surface area (TPSA) is 92.4 Å². The van der Waals surface area contributed by atoms with Crippen LogP contribution in [0.4, 0.5) is 0 Å². The van der Waals surface area contributed by atoms with Crippen molar-refractivity contribution in [2.45, 2.75) is 77.0 Å². The quantitative estimate of drug-likeness (QED) is 0.405. The highest BCUT2D eigenvalue weighted by Crippen LogP contribution is 2.06. The molecule has 0 radical (unpaired) electrons. The molecule has 1 amide bonds. The predicted octanol–water partition coefficient (Wildman–Crippen LogP) is 2.83. The molecule has 0 saturated heterocycles. The van der Waals surface area contributed by atoms with Gasteiger partial charge in [-0.3, -0.25) is 9.59 Å². The molecule has 4 N–H and O–H groups in total. The van der Waals surface area contributed by atoms with E-state index in [1.165, 1.54) is 12.8 Å². The molecule has 0 heterocycles. The maximum atomic E-state index is 11.5. The van der Waals surface area contributed by atoms with Gasteiger partial charge < -0.3 is 16.2 Å².